The van der Waals surface area contributed by atoms with Crippen molar-refractivity contribution in [2.45, 2.75) is 42.0 Å². The van der Waals surface area contributed by atoms with Crippen molar-refractivity contribution in [3.8, 4) is 0 Å². The van der Waals surface area contributed by atoms with Crippen molar-refractivity contribution in [2.75, 3.05) is 6.54 Å². The monoisotopic (exact) mass is 355 g/mol. The number of hydrogen-bond donors (Lipinski definition) is 0. The van der Waals surface area contributed by atoms with Crippen LogP contribution < -0.4 is 0 Å². The van der Waals surface area contributed by atoms with E-state index < -0.39 is 34.7 Å². The molecule has 2 rings (SSSR count). The van der Waals surface area contributed by atoms with E-state index in [0.717, 1.165) is 25.0 Å². The van der Waals surface area contributed by atoms with E-state index in [-0.39, 0.29) is 6.04 Å². The Morgan fingerprint density at radius 3 is 2.33 bits per heavy atom. The van der Waals surface area contributed by atoms with Gasteiger partial charge in [0.15, 0.2) is 0 Å². The van der Waals surface area contributed by atoms with Gasteiger partial charge in [0, 0.05) is 23.3 Å². The van der Waals surface area contributed by atoms with Crippen LogP contribution in [0.25, 0.3) is 0 Å². The van der Waals surface area contributed by atoms with Crippen LogP contribution in [-0.4, -0.2) is 33.7 Å². The van der Waals surface area contributed by atoms with E-state index in [9.17, 15) is 21.2 Å². The number of benzene rings is 1. The first-order valence-corrected chi connectivity index (χ1v) is 10.2. The molecule has 9 heteroatoms. The van der Waals surface area contributed by atoms with Crippen molar-refractivity contribution >= 4 is 29.8 Å². The quantitative estimate of drug-likeness (QED) is 0.734. The van der Waals surface area contributed by atoms with Crippen LogP contribution in [0.2, 0.25) is 0 Å². The molecule has 0 N–H and O–H groups in total. The molecule has 0 radical (unpaired) electrons. The smallest absolute Gasteiger partial charge is 0.207 e. The van der Waals surface area contributed by atoms with Crippen LogP contribution in [-0.2, 0) is 19.1 Å². The maximum atomic E-state index is 14.0. The largest absolute Gasteiger partial charge is 0.261 e. The van der Waals surface area contributed by atoms with Gasteiger partial charge < -0.3 is 0 Å². The van der Waals surface area contributed by atoms with Crippen molar-refractivity contribution in [2.24, 2.45) is 0 Å². The van der Waals surface area contributed by atoms with Crippen LogP contribution in [0.3, 0.4) is 0 Å². The normalized spacial score (nSPS) is 16.4. The summed E-state index contributed by atoms with van der Waals surface area (Å²) in [6.45, 7) is 2.15. The summed E-state index contributed by atoms with van der Waals surface area (Å²) in [7, 11) is -2.96. The minimum Gasteiger partial charge on any atom is -0.207 e. The van der Waals surface area contributed by atoms with E-state index in [1.165, 1.54) is 4.31 Å². The summed E-state index contributed by atoms with van der Waals surface area (Å²) in [6, 6.07) is 2.48. The van der Waals surface area contributed by atoms with Gasteiger partial charge in [-0.3, -0.25) is 0 Å². The fourth-order valence-electron chi connectivity index (χ4n) is 2.05. The second kappa shape index (κ2) is 5.83. The Morgan fingerprint density at radius 2 is 1.90 bits per heavy atom. The number of nitrogens with zero attached hydrogens (tertiary/aromatic N) is 1. The molecule has 0 aliphatic heterocycles. The molecule has 1 aliphatic carbocycles. The van der Waals surface area contributed by atoms with Crippen molar-refractivity contribution in [3.63, 3.8) is 0 Å². The van der Waals surface area contributed by atoms with Crippen molar-refractivity contribution in [3.05, 3.63) is 24.0 Å². The second-order valence-electron chi connectivity index (χ2n) is 4.88. The Labute approximate surface area is 128 Å². The number of sulfonamides is 1. The molecule has 0 aromatic heterocycles. The molecule has 1 aliphatic rings. The van der Waals surface area contributed by atoms with Gasteiger partial charge in [-0.25, -0.2) is 21.2 Å². The molecule has 1 aromatic rings. The van der Waals surface area contributed by atoms with E-state index in [2.05, 4.69) is 0 Å². The first-order valence-electron chi connectivity index (χ1n) is 6.44. The molecule has 1 saturated carbocycles. The zero-order valence-corrected chi connectivity index (χ0v) is 13.7. The SMILES string of the molecule is CCCN(C1CC1)S(=O)(=O)c1ccc(S(=O)(=O)Cl)cc1F. The lowest BCUT2D eigenvalue weighted by Gasteiger charge is -2.21. The highest BCUT2D eigenvalue weighted by molar-refractivity contribution is 8.13. The number of rotatable bonds is 6. The highest BCUT2D eigenvalue weighted by atomic mass is 35.7. The van der Waals surface area contributed by atoms with Gasteiger partial charge in [-0.05, 0) is 37.5 Å². The molecule has 1 aromatic carbocycles. The minimum absolute atomic E-state index is 0.0919. The lowest BCUT2D eigenvalue weighted by atomic mass is 10.3. The van der Waals surface area contributed by atoms with E-state index >= 15 is 0 Å². The summed E-state index contributed by atoms with van der Waals surface area (Å²) in [6.07, 6.45) is 2.13. The number of halogens is 2. The van der Waals surface area contributed by atoms with Crippen LogP contribution >= 0.6 is 10.7 Å². The third-order valence-electron chi connectivity index (χ3n) is 3.17. The van der Waals surface area contributed by atoms with E-state index in [0.29, 0.717) is 19.0 Å². The van der Waals surface area contributed by atoms with Crippen molar-refractivity contribution < 1.29 is 21.2 Å². The molecule has 0 atom stereocenters. The molecule has 118 valence electrons. The lowest BCUT2D eigenvalue weighted by Crippen LogP contribution is -2.34. The highest BCUT2D eigenvalue weighted by Crippen LogP contribution is 2.33. The van der Waals surface area contributed by atoms with Crippen molar-refractivity contribution in [1.29, 1.82) is 0 Å². The van der Waals surface area contributed by atoms with Gasteiger partial charge >= 0.3 is 0 Å². The maximum absolute atomic E-state index is 14.0. The summed E-state index contributed by atoms with van der Waals surface area (Å²) in [5.74, 6) is -1.11. The van der Waals surface area contributed by atoms with Gasteiger partial charge in [-0.2, -0.15) is 4.31 Å². The highest BCUT2D eigenvalue weighted by Gasteiger charge is 2.38. The van der Waals surface area contributed by atoms with Gasteiger partial charge in [0.2, 0.25) is 10.0 Å². The molecule has 21 heavy (non-hydrogen) atoms. The Morgan fingerprint density at radius 1 is 1.29 bits per heavy atom. The molecule has 0 bridgehead atoms. The average molecular weight is 356 g/mol. The summed E-state index contributed by atoms with van der Waals surface area (Å²) in [4.78, 5) is -0.985. The molecule has 0 heterocycles. The van der Waals surface area contributed by atoms with Crippen LogP contribution in [0.15, 0.2) is 28.0 Å². The maximum Gasteiger partial charge on any atom is 0.261 e. The predicted octanol–water partition coefficient (Wildman–Crippen LogP) is 2.32. The Balaban J connectivity index is 2.45. The third kappa shape index (κ3) is 3.56. The molecule has 0 spiro atoms. The average Bonchev–Trinajstić information content (AvgIpc) is 3.18. The predicted molar refractivity (Wildman–Crippen MR) is 76.6 cm³/mol. The first kappa shape index (κ1) is 16.7. The zero-order chi connectivity index (χ0) is 15.8. The number of hydrogen-bond acceptors (Lipinski definition) is 4. The summed E-state index contributed by atoms with van der Waals surface area (Å²) >= 11 is 0. The molecular formula is C12H15ClFNO4S2. The van der Waals surface area contributed by atoms with Gasteiger partial charge in [-0.1, -0.05) is 6.92 Å². The first-order chi connectivity index (χ1) is 9.67. The Kier molecular flexibility index (Phi) is 4.63. The second-order valence-corrected chi connectivity index (χ2v) is 9.30. The van der Waals surface area contributed by atoms with E-state index in [1.807, 2.05) is 6.92 Å². The van der Waals surface area contributed by atoms with Crippen molar-refractivity contribution in [1.82, 2.24) is 4.31 Å². The third-order valence-corrected chi connectivity index (χ3v) is 6.51. The lowest BCUT2D eigenvalue weighted by molar-refractivity contribution is 0.400. The molecule has 0 saturated heterocycles. The van der Waals surface area contributed by atoms with Gasteiger partial charge in [0.25, 0.3) is 9.05 Å². The fourth-order valence-corrected chi connectivity index (χ4v) is 4.64. The molecular weight excluding hydrogens is 341 g/mol. The summed E-state index contributed by atoms with van der Waals surface area (Å²) in [5.41, 5.74) is 0. The van der Waals surface area contributed by atoms with Gasteiger partial charge in [-0.15, -0.1) is 0 Å². The van der Waals surface area contributed by atoms with Gasteiger partial charge in [0.1, 0.15) is 10.7 Å². The minimum atomic E-state index is -4.10. The van der Waals surface area contributed by atoms with Crippen LogP contribution in [0, 0.1) is 5.82 Å². The molecule has 1 fully saturated rings. The molecule has 5 nitrogen and oxygen atoms in total. The summed E-state index contributed by atoms with van der Waals surface area (Å²) < 4.78 is 62.6. The fraction of sp³-hybridized carbons (Fsp3) is 0.500. The standard InChI is InChI=1S/C12H15ClFNO4S2/c1-2-7-15(9-3-4-9)21(18,19)12-6-5-10(8-11(12)14)20(13,16)17/h5-6,8-9H,2-4,7H2,1H3. The Bertz CT molecular complexity index is 745. The van der Waals surface area contributed by atoms with Gasteiger partial charge in [0.05, 0.1) is 4.90 Å². The van der Waals surface area contributed by atoms with Crippen LogP contribution in [0.5, 0.6) is 0 Å². The van der Waals surface area contributed by atoms with Crippen LogP contribution in [0.1, 0.15) is 26.2 Å². The van der Waals surface area contributed by atoms with Crippen LogP contribution in [0.4, 0.5) is 4.39 Å². The molecule has 0 unspecified atom stereocenters. The zero-order valence-electron chi connectivity index (χ0n) is 11.3. The Hall–Kier alpha value is -0.700. The topological polar surface area (TPSA) is 71.5 Å². The van der Waals surface area contributed by atoms with E-state index in [4.69, 9.17) is 10.7 Å². The van der Waals surface area contributed by atoms with E-state index in [1.54, 1.807) is 0 Å². The summed E-state index contributed by atoms with van der Waals surface area (Å²) in [5, 5.41) is 0. The molecule has 0 amide bonds.